The second kappa shape index (κ2) is 10.6. The molecule has 2 amide bonds. The first-order valence-corrected chi connectivity index (χ1v) is 15.5. The van der Waals surface area contributed by atoms with Gasteiger partial charge in [-0.1, -0.05) is 30.3 Å². The Bertz CT molecular complexity index is 1920. The van der Waals surface area contributed by atoms with Gasteiger partial charge in [0, 0.05) is 41.0 Å². The fourth-order valence-electron chi connectivity index (χ4n) is 6.61. The van der Waals surface area contributed by atoms with Crippen molar-refractivity contribution in [1.82, 2.24) is 19.9 Å². The summed E-state index contributed by atoms with van der Waals surface area (Å²) >= 11 is 0. The van der Waals surface area contributed by atoms with E-state index < -0.39 is 0 Å². The van der Waals surface area contributed by atoms with Crippen LogP contribution in [0.15, 0.2) is 73.1 Å². The van der Waals surface area contributed by atoms with Crippen molar-refractivity contribution in [2.45, 2.75) is 38.5 Å². The average molecular weight is 584 g/mol. The van der Waals surface area contributed by atoms with Crippen molar-refractivity contribution in [3.05, 3.63) is 95.3 Å². The van der Waals surface area contributed by atoms with Crippen molar-refractivity contribution >= 4 is 28.5 Å². The third kappa shape index (κ3) is 4.61. The number of carbonyl (C=O) groups is 2. The molecule has 0 atom stereocenters. The molecule has 1 saturated carbocycles. The Balaban J connectivity index is 1.11. The molecular weight excluding hydrogens is 550 g/mol. The van der Waals surface area contributed by atoms with Gasteiger partial charge < -0.3 is 19.5 Å². The summed E-state index contributed by atoms with van der Waals surface area (Å²) in [6.07, 6.45) is 6.12. The van der Waals surface area contributed by atoms with Crippen LogP contribution in [0.25, 0.3) is 33.5 Å². The molecule has 2 aliphatic heterocycles. The van der Waals surface area contributed by atoms with Crippen LogP contribution in [0.5, 0.6) is 5.75 Å². The number of aromatic amines is 1. The van der Waals surface area contributed by atoms with E-state index in [9.17, 15) is 9.59 Å². The number of amides is 2. The highest BCUT2D eigenvalue weighted by Crippen LogP contribution is 2.42. The van der Waals surface area contributed by atoms with E-state index >= 15 is 0 Å². The summed E-state index contributed by atoms with van der Waals surface area (Å²) in [7, 11) is 0. The summed E-state index contributed by atoms with van der Waals surface area (Å²) in [6, 6.07) is 21.9. The van der Waals surface area contributed by atoms with Crippen LogP contribution in [-0.2, 0) is 0 Å². The molecule has 1 aliphatic carbocycles. The molecule has 0 unspecified atom stereocenters. The summed E-state index contributed by atoms with van der Waals surface area (Å²) in [6.45, 7) is 4.59. The number of aromatic nitrogens is 3. The lowest BCUT2D eigenvalue weighted by atomic mass is 10.00. The van der Waals surface area contributed by atoms with E-state index in [0.29, 0.717) is 35.9 Å². The number of hydrogen-bond acceptors (Lipinski definition) is 5. The number of carbonyl (C=O) groups excluding carboxylic acids is 2. The van der Waals surface area contributed by atoms with Crippen LogP contribution in [0.3, 0.4) is 0 Å². The third-order valence-corrected chi connectivity index (χ3v) is 9.22. The lowest BCUT2D eigenvalue weighted by Gasteiger charge is -2.23. The maximum atomic E-state index is 13.8. The summed E-state index contributed by atoms with van der Waals surface area (Å²) in [5, 5.41) is 0.892. The first-order chi connectivity index (χ1) is 21.5. The molecule has 1 saturated heterocycles. The van der Waals surface area contributed by atoms with Gasteiger partial charge in [-0.3, -0.25) is 9.59 Å². The molecular formula is C36H33N5O3. The van der Waals surface area contributed by atoms with Gasteiger partial charge in [-0.25, -0.2) is 9.97 Å². The molecule has 0 spiro atoms. The first-order valence-electron chi connectivity index (χ1n) is 15.5. The standard InChI is InChI=1S/C36H33N5O3/c1-22-27(5-4-6-31(22)41-17-18-44-32-19-26(23-7-8-23)13-14-28(32)36(41)43)33-29-20-30(39-34(29)38-21-37-33)24-9-11-25(12-10-24)35(42)40-15-2-3-16-40/h4-6,9-14,19-21,23H,2-3,7-8,15-18H2,1H3,(H,37,38,39). The van der Waals surface area contributed by atoms with Gasteiger partial charge in [0.25, 0.3) is 11.8 Å². The Labute approximate surface area is 255 Å². The average Bonchev–Trinajstić information content (AvgIpc) is 3.62. The Morgan fingerprint density at radius 2 is 1.75 bits per heavy atom. The zero-order valence-corrected chi connectivity index (χ0v) is 24.7. The summed E-state index contributed by atoms with van der Waals surface area (Å²) in [5.41, 5.74) is 8.71. The summed E-state index contributed by atoms with van der Waals surface area (Å²) in [4.78, 5) is 43.1. The molecule has 0 radical (unpaired) electrons. The van der Waals surface area contributed by atoms with Gasteiger partial charge in [0.2, 0.25) is 0 Å². The number of likely N-dealkylation sites (tertiary alicyclic amines) is 1. The number of H-pyrrole nitrogens is 1. The van der Waals surface area contributed by atoms with Crippen molar-refractivity contribution in [3.63, 3.8) is 0 Å². The van der Waals surface area contributed by atoms with Crippen LogP contribution >= 0.6 is 0 Å². The second-order valence-electron chi connectivity index (χ2n) is 12.0. The quantitative estimate of drug-likeness (QED) is 0.247. The molecule has 4 heterocycles. The molecule has 2 aromatic heterocycles. The third-order valence-electron chi connectivity index (χ3n) is 9.22. The Kier molecular flexibility index (Phi) is 6.43. The minimum absolute atomic E-state index is 0.0523. The molecule has 5 aromatic rings. The fourth-order valence-corrected chi connectivity index (χ4v) is 6.61. The lowest BCUT2D eigenvalue weighted by Crippen LogP contribution is -2.33. The van der Waals surface area contributed by atoms with E-state index in [1.165, 1.54) is 18.4 Å². The molecule has 220 valence electrons. The number of anilines is 1. The Morgan fingerprint density at radius 3 is 2.55 bits per heavy atom. The van der Waals surface area contributed by atoms with Gasteiger partial charge in [-0.2, -0.15) is 0 Å². The molecule has 8 nitrogen and oxygen atoms in total. The maximum Gasteiger partial charge on any atom is 0.262 e. The Morgan fingerprint density at radius 1 is 0.932 bits per heavy atom. The van der Waals surface area contributed by atoms with Gasteiger partial charge in [0.05, 0.1) is 17.8 Å². The number of nitrogens with one attached hydrogen (secondary N) is 1. The first kappa shape index (κ1) is 26.6. The van der Waals surface area contributed by atoms with Crippen molar-refractivity contribution in [2.75, 3.05) is 31.1 Å². The van der Waals surface area contributed by atoms with Crippen LogP contribution in [0.1, 0.15) is 63.4 Å². The van der Waals surface area contributed by atoms with E-state index in [1.54, 1.807) is 6.33 Å². The molecule has 2 fully saturated rings. The largest absolute Gasteiger partial charge is 0.491 e. The number of ether oxygens (including phenoxy) is 1. The minimum atomic E-state index is -0.0523. The van der Waals surface area contributed by atoms with Crippen molar-refractivity contribution in [3.8, 4) is 28.3 Å². The highest BCUT2D eigenvalue weighted by Gasteiger charge is 2.30. The molecule has 8 rings (SSSR count). The van der Waals surface area contributed by atoms with E-state index in [0.717, 1.165) is 70.7 Å². The molecule has 3 aliphatic rings. The SMILES string of the molecule is Cc1c(-c2ncnc3[nH]c(-c4ccc(C(=O)N5CCCC5)cc4)cc23)cccc1N1CCOc2cc(C3CC3)ccc2C1=O. The van der Waals surface area contributed by atoms with Gasteiger partial charge in [-0.05, 0) is 91.6 Å². The lowest BCUT2D eigenvalue weighted by molar-refractivity contribution is 0.0792. The van der Waals surface area contributed by atoms with Crippen LogP contribution in [0.4, 0.5) is 5.69 Å². The summed E-state index contributed by atoms with van der Waals surface area (Å²) < 4.78 is 6.08. The highest BCUT2D eigenvalue weighted by molar-refractivity contribution is 6.09. The van der Waals surface area contributed by atoms with E-state index in [4.69, 9.17) is 9.72 Å². The van der Waals surface area contributed by atoms with Crippen molar-refractivity contribution in [2.24, 2.45) is 0 Å². The number of rotatable bonds is 5. The smallest absolute Gasteiger partial charge is 0.262 e. The zero-order valence-electron chi connectivity index (χ0n) is 24.7. The minimum Gasteiger partial charge on any atom is -0.491 e. The molecule has 1 N–H and O–H groups in total. The summed E-state index contributed by atoms with van der Waals surface area (Å²) in [5.74, 6) is 1.32. The van der Waals surface area contributed by atoms with Gasteiger partial charge >= 0.3 is 0 Å². The molecule has 8 heteroatoms. The normalized spacial score (nSPS) is 16.6. The number of nitrogens with zero attached hydrogens (tertiary/aromatic N) is 4. The predicted octanol–water partition coefficient (Wildman–Crippen LogP) is 6.75. The van der Waals surface area contributed by atoms with Crippen LogP contribution < -0.4 is 9.64 Å². The van der Waals surface area contributed by atoms with E-state index in [1.807, 2.05) is 65.3 Å². The fraction of sp³-hybridized carbons (Fsp3) is 0.278. The van der Waals surface area contributed by atoms with Gasteiger partial charge in [0.1, 0.15) is 24.3 Å². The second-order valence-corrected chi connectivity index (χ2v) is 12.0. The zero-order chi connectivity index (χ0) is 29.8. The maximum absolute atomic E-state index is 13.8. The van der Waals surface area contributed by atoms with Gasteiger partial charge in [-0.15, -0.1) is 0 Å². The monoisotopic (exact) mass is 583 g/mol. The van der Waals surface area contributed by atoms with Crippen molar-refractivity contribution in [1.29, 1.82) is 0 Å². The topological polar surface area (TPSA) is 91.4 Å². The van der Waals surface area contributed by atoms with E-state index in [2.05, 4.69) is 28.2 Å². The highest BCUT2D eigenvalue weighted by atomic mass is 16.5. The van der Waals surface area contributed by atoms with Crippen LogP contribution in [-0.4, -0.2) is 57.9 Å². The van der Waals surface area contributed by atoms with E-state index in [-0.39, 0.29) is 11.8 Å². The van der Waals surface area contributed by atoms with Crippen LogP contribution in [0.2, 0.25) is 0 Å². The number of benzene rings is 3. The number of hydrogen-bond donors (Lipinski definition) is 1. The molecule has 0 bridgehead atoms. The molecule has 3 aromatic carbocycles. The van der Waals surface area contributed by atoms with Crippen LogP contribution in [0, 0.1) is 6.92 Å². The van der Waals surface area contributed by atoms with Gasteiger partial charge in [0.15, 0.2) is 0 Å². The Hall–Kier alpha value is -4.98. The molecule has 44 heavy (non-hydrogen) atoms. The van der Waals surface area contributed by atoms with Crippen molar-refractivity contribution < 1.29 is 14.3 Å². The number of fused-ring (bicyclic) bond motifs is 2. The predicted molar refractivity (Wildman–Crippen MR) is 170 cm³/mol.